The van der Waals surface area contributed by atoms with Gasteiger partial charge >= 0.3 is 0 Å². The number of methoxy groups -OCH3 is 1. The highest BCUT2D eigenvalue weighted by Gasteiger charge is 2.07. The van der Waals surface area contributed by atoms with E-state index in [0.29, 0.717) is 0 Å². The summed E-state index contributed by atoms with van der Waals surface area (Å²) in [5.41, 5.74) is 0. The number of hydrogen-bond donors (Lipinski definition) is 0. The Morgan fingerprint density at radius 1 is 1.46 bits per heavy atom. The Kier molecular flexibility index (Phi) is 2.80. The van der Waals surface area contributed by atoms with Gasteiger partial charge in [0.25, 0.3) is 0 Å². The van der Waals surface area contributed by atoms with E-state index in [0.717, 1.165) is 5.75 Å². The largest absolute Gasteiger partial charge is 0.497 e. The van der Waals surface area contributed by atoms with Crippen LogP contribution in [-0.4, -0.2) is 7.11 Å². The number of fused-ring (bicyclic) bond motifs is 1. The highest BCUT2D eigenvalue weighted by atomic mass is 127. The molecule has 0 bridgehead atoms. The third kappa shape index (κ3) is 1.71. The van der Waals surface area contributed by atoms with Crippen molar-refractivity contribution in [2.24, 2.45) is 0 Å². The lowest BCUT2D eigenvalue weighted by Crippen LogP contribution is -1.83. The second kappa shape index (κ2) is 3.74. The smallest absolute Gasteiger partial charge is 0.121 e. The normalized spacial score (nSPS) is 10.7. The van der Waals surface area contributed by atoms with E-state index in [4.69, 9.17) is 4.74 Å². The Bertz CT molecular complexity index is 452. The molecule has 0 fully saturated rings. The van der Waals surface area contributed by atoms with E-state index in [1.54, 1.807) is 18.4 Å². The van der Waals surface area contributed by atoms with E-state index in [1.165, 1.54) is 18.1 Å². The zero-order chi connectivity index (χ0) is 9.42. The van der Waals surface area contributed by atoms with Crippen LogP contribution >= 0.6 is 49.9 Å². The maximum absolute atomic E-state index is 5.20. The van der Waals surface area contributed by atoms with Gasteiger partial charge in [-0.25, -0.2) is 0 Å². The highest BCUT2D eigenvalue weighted by molar-refractivity contribution is 14.1. The van der Waals surface area contributed by atoms with E-state index in [2.05, 4.69) is 50.0 Å². The first-order chi connectivity index (χ1) is 6.22. The van der Waals surface area contributed by atoms with Crippen molar-refractivity contribution in [2.75, 3.05) is 7.11 Å². The summed E-state index contributed by atoms with van der Waals surface area (Å²) >= 11 is 7.58. The molecule has 0 N–H and O–H groups in total. The number of ether oxygens (including phenoxy) is 1. The van der Waals surface area contributed by atoms with Crippen molar-refractivity contribution in [3.63, 3.8) is 0 Å². The average Bonchev–Trinajstić information content (AvgIpc) is 2.48. The molecule has 1 aromatic carbocycles. The molecular formula is C9H6BrIOS. The fourth-order valence-electron chi connectivity index (χ4n) is 1.17. The van der Waals surface area contributed by atoms with E-state index < -0.39 is 0 Å². The molecular weight excluding hydrogens is 363 g/mol. The first-order valence-corrected chi connectivity index (χ1v) is 6.37. The monoisotopic (exact) mass is 368 g/mol. The summed E-state index contributed by atoms with van der Waals surface area (Å²) in [5.74, 6) is 0.922. The van der Waals surface area contributed by atoms with E-state index in [1.807, 2.05) is 6.07 Å². The van der Waals surface area contributed by atoms with Crippen LogP contribution in [0.4, 0.5) is 0 Å². The minimum Gasteiger partial charge on any atom is -0.497 e. The molecule has 0 spiro atoms. The lowest BCUT2D eigenvalue weighted by Gasteiger charge is -2.01. The fourth-order valence-corrected chi connectivity index (χ4v) is 4.33. The lowest BCUT2D eigenvalue weighted by atomic mass is 10.2. The molecule has 13 heavy (non-hydrogen) atoms. The predicted molar refractivity (Wildman–Crippen MR) is 68.8 cm³/mol. The van der Waals surface area contributed by atoms with E-state index >= 15 is 0 Å². The Hall–Kier alpha value is 0.190. The van der Waals surface area contributed by atoms with Crippen molar-refractivity contribution in [1.82, 2.24) is 0 Å². The molecule has 68 valence electrons. The standard InChI is InChI=1S/C9H6BrIOS/c1-12-5-2-7(11)9-6(10)4-13-8(9)3-5/h2-4H,1H3. The topological polar surface area (TPSA) is 9.23 Å². The summed E-state index contributed by atoms with van der Waals surface area (Å²) in [4.78, 5) is 0. The zero-order valence-corrected chi connectivity index (χ0v) is 11.4. The third-order valence-corrected chi connectivity index (χ3v) is 4.50. The van der Waals surface area contributed by atoms with Gasteiger partial charge in [-0.1, -0.05) is 0 Å². The van der Waals surface area contributed by atoms with Crippen LogP contribution in [0.15, 0.2) is 22.0 Å². The minimum atomic E-state index is 0.922. The predicted octanol–water partition coefficient (Wildman–Crippen LogP) is 4.28. The summed E-state index contributed by atoms with van der Waals surface area (Å²) in [7, 11) is 1.69. The molecule has 2 rings (SSSR count). The number of rotatable bonds is 1. The lowest BCUT2D eigenvalue weighted by molar-refractivity contribution is 0.415. The molecule has 4 heteroatoms. The van der Waals surface area contributed by atoms with Gasteiger partial charge in [0.15, 0.2) is 0 Å². The zero-order valence-electron chi connectivity index (χ0n) is 6.80. The molecule has 1 heterocycles. The van der Waals surface area contributed by atoms with Gasteiger partial charge in [0.2, 0.25) is 0 Å². The molecule has 0 saturated carbocycles. The van der Waals surface area contributed by atoms with Gasteiger partial charge in [-0.05, 0) is 50.7 Å². The second-order valence-corrected chi connectivity index (χ2v) is 5.49. The molecule has 0 saturated heterocycles. The van der Waals surface area contributed by atoms with Crippen LogP contribution in [0.1, 0.15) is 0 Å². The number of hydrogen-bond acceptors (Lipinski definition) is 2. The van der Waals surface area contributed by atoms with Crippen LogP contribution in [0, 0.1) is 3.57 Å². The second-order valence-electron chi connectivity index (χ2n) is 2.57. The Balaban J connectivity index is 2.79. The fraction of sp³-hybridized carbons (Fsp3) is 0.111. The molecule has 0 aliphatic rings. The summed E-state index contributed by atoms with van der Waals surface area (Å²) in [6, 6.07) is 4.10. The molecule has 0 unspecified atom stereocenters. The molecule has 0 radical (unpaired) electrons. The van der Waals surface area contributed by atoms with Crippen LogP contribution in [-0.2, 0) is 0 Å². The molecule has 0 amide bonds. The van der Waals surface area contributed by atoms with Gasteiger partial charge < -0.3 is 4.74 Å². The highest BCUT2D eigenvalue weighted by Crippen LogP contribution is 2.36. The molecule has 2 aromatic rings. The van der Waals surface area contributed by atoms with Crippen LogP contribution in [0.2, 0.25) is 0 Å². The first-order valence-electron chi connectivity index (χ1n) is 3.62. The molecule has 0 atom stereocenters. The molecule has 0 aliphatic carbocycles. The summed E-state index contributed by atoms with van der Waals surface area (Å²) in [6.07, 6.45) is 0. The van der Waals surface area contributed by atoms with Gasteiger partial charge in [0.1, 0.15) is 5.75 Å². The Morgan fingerprint density at radius 2 is 2.23 bits per heavy atom. The van der Waals surface area contributed by atoms with Crippen molar-refractivity contribution in [3.8, 4) is 5.75 Å². The molecule has 1 aromatic heterocycles. The van der Waals surface area contributed by atoms with Crippen molar-refractivity contribution in [3.05, 3.63) is 25.6 Å². The number of halogens is 2. The van der Waals surface area contributed by atoms with Gasteiger partial charge in [-0.3, -0.25) is 0 Å². The van der Waals surface area contributed by atoms with Crippen LogP contribution in [0.3, 0.4) is 0 Å². The van der Waals surface area contributed by atoms with Crippen molar-refractivity contribution in [1.29, 1.82) is 0 Å². The Labute approximate surface area is 102 Å². The first kappa shape index (κ1) is 9.73. The number of benzene rings is 1. The van der Waals surface area contributed by atoms with Crippen LogP contribution in [0.5, 0.6) is 5.75 Å². The van der Waals surface area contributed by atoms with Gasteiger partial charge in [0.05, 0.1) is 7.11 Å². The number of thiophene rings is 1. The summed E-state index contributed by atoms with van der Waals surface area (Å²) in [5, 5.41) is 3.39. The van der Waals surface area contributed by atoms with Crippen molar-refractivity contribution < 1.29 is 4.74 Å². The maximum Gasteiger partial charge on any atom is 0.121 e. The van der Waals surface area contributed by atoms with Gasteiger partial charge in [-0.15, -0.1) is 11.3 Å². The summed E-state index contributed by atoms with van der Waals surface area (Å²) < 4.78 is 8.85. The van der Waals surface area contributed by atoms with Crippen LogP contribution < -0.4 is 4.74 Å². The SMILES string of the molecule is COc1cc(I)c2c(Br)csc2c1. The third-order valence-electron chi connectivity index (χ3n) is 1.79. The molecule has 0 aliphatic heterocycles. The van der Waals surface area contributed by atoms with Gasteiger partial charge in [-0.2, -0.15) is 0 Å². The molecule has 1 nitrogen and oxygen atoms in total. The van der Waals surface area contributed by atoms with Crippen molar-refractivity contribution in [2.45, 2.75) is 0 Å². The van der Waals surface area contributed by atoms with Crippen molar-refractivity contribution >= 4 is 59.9 Å². The van der Waals surface area contributed by atoms with E-state index in [-0.39, 0.29) is 0 Å². The van der Waals surface area contributed by atoms with E-state index in [9.17, 15) is 0 Å². The van der Waals surface area contributed by atoms with Gasteiger partial charge in [0, 0.05) is 23.5 Å². The maximum atomic E-state index is 5.20. The quantitative estimate of drug-likeness (QED) is 0.683. The minimum absolute atomic E-state index is 0.922. The Morgan fingerprint density at radius 3 is 2.92 bits per heavy atom. The average molecular weight is 369 g/mol. The summed E-state index contributed by atoms with van der Waals surface area (Å²) in [6.45, 7) is 0. The van der Waals surface area contributed by atoms with Crippen LogP contribution in [0.25, 0.3) is 10.1 Å².